The first-order valence-corrected chi connectivity index (χ1v) is 8.88. The van der Waals surface area contributed by atoms with Gasteiger partial charge in [-0.3, -0.25) is 9.59 Å². The number of halogens is 2. The molecule has 5 nitrogen and oxygen atoms in total. The molecule has 0 aromatic heterocycles. The summed E-state index contributed by atoms with van der Waals surface area (Å²) in [6, 6.07) is 3.20. The van der Waals surface area contributed by atoms with Crippen LogP contribution in [0.1, 0.15) is 29.6 Å². The highest BCUT2D eigenvalue weighted by Gasteiger charge is 2.33. The van der Waals surface area contributed by atoms with Gasteiger partial charge < -0.3 is 14.5 Å². The van der Waals surface area contributed by atoms with Gasteiger partial charge in [0.25, 0.3) is 5.91 Å². The summed E-state index contributed by atoms with van der Waals surface area (Å²) < 4.78 is 5.25. The van der Waals surface area contributed by atoms with Gasteiger partial charge in [0.1, 0.15) is 5.56 Å². The topological polar surface area (TPSA) is 49.9 Å². The Morgan fingerprint density at radius 1 is 1.04 bits per heavy atom. The highest BCUT2D eigenvalue weighted by molar-refractivity contribution is 6.37. The Balaban J connectivity index is 1.69. The number of ether oxygens (including phenoxy) is 1. The summed E-state index contributed by atoms with van der Waals surface area (Å²) in [6.45, 7) is 2.09. The monoisotopic (exact) mass is 370 g/mol. The van der Waals surface area contributed by atoms with E-state index in [0.29, 0.717) is 42.0 Å². The highest BCUT2D eigenvalue weighted by Crippen LogP contribution is 2.35. The number of piperazine rings is 1. The van der Waals surface area contributed by atoms with Crippen molar-refractivity contribution < 1.29 is 14.3 Å². The third-order valence-electron chi connectivity index (χ3n) is 4.81. The minimum Gasteiger partial charge on any atom is -0.494 e. The normalized spacial score (nSPS) is 18.3. The molecule has 24 heavy (non-hydrogen) atoms. The zero-order valence-electron chi connectivity index (χ0n) is 13.6. The van der Waals surface area contributed by atoms with E-state index in [9.17, 15) is 9.59 Å². The van der Waals surface area contributed by atoms with Crippen LogP contribution in [0, 0.1) is 5.92 Å². The summed E-state index contributed by atoms with van der Waals surface area (Å²) in [7, 11) is 1.46. The third kappa shape index (κ3) is 3.20. The molecule has 0 radical (unpaired) electrons. The summed E-state index contributed by atoms with van der Waals surface area (Å²) in [5, 5.41) is 0.665. The van der Waals surface area contributed by atoms with E-state index in [1.807, 2.05) is 4.90 Å². The number of rotatable bonds is 3. The van der Waals surface area contributed by atoms with Crippen LogP contribution in [-0.2, 0) is 4.79 Å². The van der Waals surface area contributed by atoms with Crippen molar-refractivity contribution >= 4 is 35.0 Å². The molecule has 1 aromatic carbocycles. The molecule has 2 fully saturated rings. The van der Waals surface area contributed by atoms with Crippen molar-refractivity contribution in [2.75, 3.05) is 33.3 Å². The minimum absolute atomic E-state index is 0.190. The van der Waals surface area contributed by atoms with Crippen molar-refractivity contribution in [2.45, 2.75) is 19.3 Å². The maximum absolute atomic E-state index is 12.8. The molecule has 0 spiro atoms. The summed E-state index contributed by atoms with van der Waals surface area (Å²) in [5.41, 5.74) is 0.283. The molecule has 2 amide bonds. The van der Waals surface area contributed by atoms with Gasteiger partial charge >= 0.3 is 0 Å². The molecule has 130 valence electrons. The second kappa shape index (κ2) is 7.19. The Kier molecular flexibility index (Phi) is 5.21. The molecule has 2 aliphatic rings. The molecule has 1 heterocycles. The third-order valence-corrected chi connectivity index (χ3v) is 5.42. The van der Waals surface area contributed by atoms with E-state index in [4.69, 9.17) is 27.9 Å². The van der Waals surface area contributed by atoms with Crippen molar-refractivity contribution in [2.24, 2.45) is 5.92 Å². The zero-order chi connectivity index (χ0) is 17.3. The Hall–Kier alpha value is -1.46. The molecule has 3 rings (SSSR count). The lowest BCUT2D eigenvalue weighted by atomic mass is 9.84. The van der Waals surface area contributed by atoms with Crippen LogP contribution >= 0.6 is 23.2 Å². The number of hydrogen-bond acceptors (Lipinski definition) is 3. The molecular formula is C17H20Cl2N2O3. The molecule has 1 aromatic rings. The van der Waals surface area contributed by atoms with E-state index in [1.165, 1.54) is 7.11 Å². The van der Waals surface area contributed by atoms with Gasteiger partial charge in [-0.05, 0) is 25.0 Å². The fourth-order valence-electron chi connectivity index (χ4n) is 3.13. The number of hydrogen-bond donors (Lipinski definition) is 0. The standard InChI is InChI=1S/C17H20Cl2N2O3/c1-24-15-13(19)6-5-12(18)14(15)17(23)21-9-7-20(8-10-21)16(22)11-3-2-4-11/h5-6,11H,2-4,7-10H2,1H3. The molecular weight excluding hydrogens is 351 g/mol. The number of nitrogens with zero attached hydrogens (tertiary/aromatic N) is 2. The van der Waals surface area contributed by atoms with Gasteiger partial charge in [-0.2, -0.15) is 0 Å². The molecule has 0 unspecified atom stereocenters. The second-order valence-electron chi connectivity index (χ2n) is 6.18. The van der Waals surface area contributed by atoms with Crippen LogP contribution < -0.4 is 4.74 Å². The zero-order valence-corrected chi connectivity index (χ0v) is 15.1. The van der Waals surface area contributed by atoms with Crippen LogP contribution in [-0.4, -0.2) is 54.9 Å². The van der Waals surface area contributed by atoms with Crippen LogP contribution in [0.4, 0.5) is 0 Å². The first kappa shape index (κ1) is 17.4. The van der Waals surface area contributed by atoms with Crippen LogP contribution in [0.2, 0.25) is 10.0 Å². The average Bonchev–Trinajstić information content (AvgIpc) is 2.54. The van der Waals surface area contributed by atoms with Gasteiger partial charge in [-0.15, -0.1) is 0 Å². The predicted molar refractivity (Wildman–Crippen MR) is 92.8 cm³/mol. The van der Waals surface area contributed by atoms with E-state index in [0.717, 1.165) is 19.3 Å². The fraction of sp³-hybridized carbons (Fsp3) is 0.529. The lowest BCUT2D eigenvalue weighted by Gasteiger charge is -2.38. The first-order valence-electron chi connectivity index (χ1n) is 8.13. The van der Waals surface area contributed by atoms with E-state index in [1.54, 1.807) is 17.0 Å². The van der Waals surface area contributed by atoms with Crippen LogP contribution in [0.15, 0.2) is 12.1 Å². The SMILES string of the molecule is COc1c(Cl)ccc(Cl)c1C(=O)N1CCN(C(=O)C2CCC2)CC1. The maximum Gasteiger partial charge on any atom is 0.259 e. The lowest BCUT2D eigenvalue weighted by molar-refractivity contribution is -0.139. The Bertz CT molecular complexity index is 653. The van der Waals surface area contributed by atoms with Crippen molar-refractivity contribution in [3.8, 4) is 5.75 Å². The lowest BCUT2D eigenvalue weighted by Crippen LogP contribution is -2.52. The summed E-state index contributed by atoms with van der Waals surface area (Å²) in [5.74, 6) is 0.499. The van der Waals surface area contributed by atoms with Gasteiger partial charge in [-0.1, -0.05) is 29.6 Å². The largest absolute Gasteiger partial charge is 0.494 e. The van der Waals surface area contributed by atoms with E-state index >= 15 is 0 Å². The Morgan fingerprint density at radius 3 is 2.17 bits per heavy atom. The molecule has 7 heteroatoms. The van der Waals surface area contributed by atoms with Gasteiger partial charge in [0.05, 0.1) is 17.2 Å². The first-order chi connectivity index (χ1) is 11.5. The van der Waals surface area contributed by atoms with Gasteiger partial charge in [0.15, 0.2) is 5.75 Å². The fourth-order valence-corrected chi connectivity index (χ4v) is 3.60. The van der Waals surface area contributed by atoms with Gasteiger partial charge in [0.2, 0.25) is 5.91 Å². The number of benzene rings is 1. The molecule has 1 saturated heterocycles. The Morgan fingerprint density at radius 2 is 1.62 bits per heavy atom. The van der Waals surface area contributed by atoms with Gasteiger partial charge in [-0.25, -0.2) is 0 Å². The van der Waals surface area contributed by atoms with Crippen LogP contribution in [0.5, 0.6) is 5.75 Å². The number of carbonyl (C=O) groups is 2. The van der Waals surface area contributed by atoms with Crippen molar-refractivity contribution in [1.29, 1.82) is 0 Å². The van der Waals surface area contributed by atoms with Gasteiger partial charge in [0, 0.05) is 32.1 Å². The molecule has 1 aliphatic carbocycles. The van der Waals surface area contributed by atoms with Crippen molar-refractivity contribution in [3.63, 3.8) is 0 Å². The van der Waals surface area contributed by atoms with E-state index < -0.39 is 0 Å². The van der Waals surface area contributed by atoms with Crippen molar-refractivity contribution in [1.82, 2.24) is 9.80 Å². The average molecular weight is 371 g/mol. The summed E-state index contributed by atoms with van der Waals surface area (Å²) in [4.78, 5) is 28.7. The molecule has 1 aliphatic heterocycles. The maximum atomic E-state index is 12.8. The van der Waals surface area contributed by atoms with E-state index in [2.05, 4.69) is 0 Å². The minimum atomic E-state index is -0.213. The van der Waals surface area contributed by atoms with E-state index in [-0.39, 0.29) is 23.3 Å². The Labute approximate surface area is 151 Å². The van der Waals surface area contributed by atoms with Crippen LogP contribution in [0.25, 0.3) is 0 Å². The van der Waals surface area contributed by atoms with Crippen LogP contribution in [0.3, 0.4) is 0 Å². The molecule has 1 saturated carbocycles. The smallest absolute Gasteiger partial charge is 0.259 e. The predicted octanol–water partition coefficient (Wildman–Crippen LogP) is 3.09. The quantitative estimate of drug-likeness (QED) is 0.821. The summed E-state index contributed by atoms with van der Waals surface area (Å²) >= 11 is 12.3. The number of methoxy groups -OCH3 is 1. The molecule has 0 atom stereocenters. The van der Waals surface area contributed by atoms with Crippen molar-refractivity contribution in [3.05, 3.63) is 27.7 Å². The molecule has 0 N–H and O–H groups in total. The second-order valence-corrected chi connectivity index (χ2v) is 7.00. The highest BCUT2D eigenvalue weighted by atomic mass is 35.5. The number of amides is 2. The number of carbonyl (C=O) groups excluding carboxylic acids is 2. The summed E-state index contributed by atoms with van der Waals surface area (Å²) in [6.07, 6.45) is 3.13. The molecule has 0 bridgehead atoms.